The van der Waals surface area contributed by atoms with E-state index < -0.39 is 0 Å². The normalized spacial score (nSPS) is 12.8. The lowest BCUT2D eigenvalue weighted by Crippen LogP contribution is -2.24. The molecule has 2 nitrogen and oxygen atoms in total. The summed E-state index contributed by atoms with van der Waals surface area (Å²) in [4.78, 5) is 4.86. The van der Waals surface area contributed by atoms with Crippen LogP contribution in [-0.4, -0.2) is 7.11 Å². The average Bonchev–Trinajstić information content (AvgIpc) is 2.23. The maximum absolute atomic E-state index is 4.86. The van der Waals surface area contributed by atoms with Crippen molar-refractivity contribution in [3.05, 3.63) is 35.4 Å². The van der Waals surface area contributed by atoms with E-state index in [-0.39, 0.29) is 5.41 Å². The molecule has 0 aromatic heterocycles. The highest BCUT2D eigenvalue weighted by Gasteiger charge is 2.26. The van der Waals surface area contributed by atoms with Crippen molar-refractivity contribution in [2.24, 2.45) is 5.41 Å². The molecule has 0 fully saturated rings. The predicted molar refractivity (Wildman–Crippen MR) is 77.4 cm³/mol. The van der Waals surface area contributed by atoms with Crippen LogP contribution in [0.1, 0.15) is 52.2 Å². The van der Waals surface area contributed by atoms with Gasteiger partial charge >= 0.3 is 0 Å². The molecular weight excluding hydrogens is 222 g/mol. The van der Waals surface area contributed by atoms with Gasteiger partial charge in [-0.3, -0.25) is 0 Å². The molecule has 0 aliphatic heterocycles. The Morgan fingerprint density at radius 2 is 1.56 bits per heavy atom. The van der Waals surface area contributed by atoms with Crippen LogP contribution < -0.4 is 5.48 Å². The van der Waals surface area contributed by atoms with Crippen molar-refractivity contribution in [2.75, 3.05) is 7.11 Å². The molecule has 0 radical (unpaired) electrons. The lowest BCUT2D eigenvalue weighted by Gasteiger charge is -2.33. The van der Waals surface area contributed by atoms with E-state index in [4.69, 9.17) is 4.84 Å². The van der Waals surface area contributed by atoms with Crippen LogP contribution in [0.3, 0.4) is 0 Å². The van der Waals surface area contributed by atoms with E-state index in [0.29, 0.717) is 5.41 Å². The molecule has 1 N–H and O–H groups in total. The molecule has 0 saturated carbocycles. The summed E-state index contributed by atoms with van der Waals surface area (Å²) in [5.41, 5.74) is 6.07. The van der Waals surface area contributed by atoms with Crippen LogP contribution in [0.15, 0.2) is 24.3 Å². The fraction of sp³-hybridized carbons (Fsp3) is 0.625. The Morgan fingerprint density at radius 3 is 2.00 bits per heavy atom. The molecule has 0 heterocycles. The van der Waals surface area contributed by atoms with Crippen LogP contribution in [0.2, 0.25) is 0 Å². The topological polar surface area (TPSA) is 21.3 Å². The van der Waals surface area contributed by atoms with Gasteiger partial charge in [0, 0.05) is 6.54 Å². The highest BCUT2D eigenvalue weighted by molar-refractivity contribution is 5.28. The predicted octanol–water partition coefficient (Wildman–Crippen LogP) is 4.05. The Labute approximate surface area is 112 Å². The number of hydroxylamine groups is 1. The second kappa shape index (κ2) is 5.85. The van der Waals surface area contributed by atoms with Crippen molar-refractivity contribution in [3.63, 3.8) is 0 Å². The van der Waals surface area contributed by atoms with Gasteiger partial charge in [0.15, 0.2) is 0 Å². The Hall–Kier alpha value is -0.860. The van der Waals surface area contributed by atoms with Gasteiger partial charge in [-0.15, -0.1) is 0 Å². The van der Waals surface area contributed by atoms with E-state index in [1.807, 2.05) is 0 Å². The Balaban J connectivity index is 2.77. The van der Waals surface area contributed by atoms with E-state index in [2.05, 4.69) is 64.4 Å². The van der Waals surface area contributed by atoms with Crippen molar-refractivity contribution in [1.82, 2.24) is 5.48 Å². The average molecular weight is 249 g/mol. The molecule has 0 aliphatic carbocycles. The minimum absolute atomic E-state index is 0.214. The molecule has 2 heteroatoms. The van der Waals surface area contributed by atoms with Gasteiger partial charge in [-0.2, -0.15) is 5.48 Å². The van der Waals surface area contributed by atoms with Gasteiger partial charge in [-0.1, -0.05) is 58.9 Å². The number of nitrogens with one attached hydrogen (secondary N) is 1. The third kappa shape index (κ3) is 4.79. The fourth-order valence-electron chi connectivity index (χ4n) is 2.66. The molecule has 0 unspecified atom stereocenters. The van der Waals surface area contributed by atoms with Gasteiger partial charge in [0.25, 0.3) is 0 Å². The zero-order chi connectivity index (χ0) is 13.8. The van der Waals surface area contributed by atoms with Crippen LogP contribution in [0, 0.1) is 5.41 Å². The maximum atomic E-state index is 4.86. The van der Waals surface area contributed by atoms with Gasteiger partial charge < -0.3 is 4.84 Å². The molecule has 1 aromatic rings. The largest absolute Gasteiger partial charge is 0.305 e. The van der Waals surface area contributed by atoms with E-state index >= 15 is 0 Å². The summed E-state index contributed by atoms with van der Waals surface area (Å²) in [6.45, 7) is 12.3. The highest BCUT2D eigenvalue weighted by Crippen LogP contribution is 2.36. The molecule has 0 spiro atoms. The third-order valence-electron chi connectivity index (χ3n) is 3.13. The first kappa shape index (κ1) is 15.2. The summed E-state index contributed by atoms with van der Waals surface area (Å²) in [6.07, 6.45) is 1.18. The quantitative estimate of drug-likeness (QED) is 0.795. The van der Waals surface area contributed by atoms with E-state index in [9.17, 15) is 0 Å². The van der Waals surface area contributed by atoms with Crippen LogP contribution >= 0.6 is 0 Å². The molecule has 0 atom stereocenters. The van der Waals surface area contributed by atoms with Crippen molar-refractivity contribution in [2.45, 2.75) is 53.0 Å². The second-order valence-corrected chi connectivity index (χ2v) is 6.84. The summed E-state index contributed by atoms with van der Waals surface area (Å²) in [5.74, 6) is 0. The molecule has 0 aliphatic rings. The molecule has 1 aromatic carbocycles. The van der Waals surface area contributed by atoms with Gasteiger partial charge in [0.2, 0.25) is 0 Å². The zero-order valence-electron chi connectivity index (χ0n) is 12.6. The number of hydrogen-bond acceptors (Lipinski definition) is 2. The van der Waals surface area contributed by atoms with E-state index in [1.54, 1.807) is 7.11 Å². The first-order valence-corrected chi connectivity index (χ1v) is 6.60. The van der Waals surface area contributed by atoms with Crippen molar-refractivity contribution in [1.29, 1.82) is 0 Å². The Kier molecular flexibility index (Phi) is 4.94. The van der Waals surface area contributed by atoms with Crippen LogP contribution in [0.4, 0.5) is 0 Å². The van der Waals surface area contributed by atoms with Gasteiger partial charge in [0.05, 0.1) is 7.11 Å². The number of benzene rings is 1. The van der Waals surface area contributed by atoms with Gasteiger partial charge in [-0.05, 0) is 28.4 Å². The molecular formula is C16H27NO. The molecule has 1 rings (SSSR count). The lowest BCUT2D eigenvalue weighted by atomic mass is 9.72. The molecule has 0 bridgehead atoms. The fourth-order valence-corrected chi connectivity index (χ4v) is 2.66. The zero-order valence-corrected chi connectivity index (χ0v) is 12.6. The summed E-state index contributed by atoms with van der Waals surface area (Å²) in [5, 5.41) is 0. The first-order valence-electron chi connectivity index (χ1n) is 6.60. The van der Waals surface area contributed by atoms with Crippen LogP contribution in [0.5, 0.6) is 0 Å². The third-order valence-corrected chi connectivity index (χ3v) is 3.13. The van der Waals surface area contributed by atoms with Crippen LogP contribution in [-0.2, 0) is 16.8 Å². The minimum Gasteiger partial charge on any atom is -0.305 e. The minimum atomic E-state index is 0.214. The highest BCUT2D eigenvalue weighted by atomic mass is 16.6. The molecule has 18 heavy (non-hydrogen) atoms. The smallest absolute Gasteiger partial charge is 0.0572 e. The van der Waals surface area contributed by atoms with Crippen molar-refractivity contribution < 1.29 is 4.84 Å². The van der Waals surface area contributed by atoms with Gasteiger partial charge in [0.1, 0.15) is 0 Å². The summed E-state index contributed by atoms with van der Waals surface area (Å²) < 4.78 is 0. The Morgan fingerprint density at radius 1 is 1.00 bits per heavy atom. The SMILES string of the molecule is CONCc1ccc(C(C)(C)CC(C)(C)C)cc1. The summed E-state index contributed by atoms with van der Waals surface area (Å²) in [6, 6.07) is 8.81. The van der Waals surface area contributed by atoms with Gasteiger partial charge in [-0.25, -0.2) is 0 Å². The number of hydrogen-bond donors (Lipinski definition) is 1. The summed E-state index contributed by atoms with van der Waals surface area (Å²) >= 11 is 0. The molecule has 0 saturated heterocycles. The second-order valence-electron chi connectivity index (χ2n) is 6.84. The number of rotatable bonds is 5. The monoisotopic (exact) mass is 249 g/mol. The Bertz CT molecular complexity index is 360. The molecule has 0 amide bonds. The maximum Gasteiger partial charge on any atom is 0.0572 e. The first-order chi connectivity index (χ1) is 8.24. The van der Waals surface area contributed by atoms with Crippen molar-refractivity contribution in [3.8, 4) is 0 Å². The van der Waals surface area contributed by atoms with E-state index in [0.717, 1.165) is 6.54 Å². The molecule has 102 valence electrons. The summed E-state index contributed by atoms with van der Waals surface area (Å²) in [7, 11) is 1.64. The van der Waals surface area contributed by atoms with Crippen LogP contribution in [0.25, 0.3) is 0 Å². The standard InChI is InChI=1S/C16H27NO/c1-15(2,3)12-16(4,5)14-9-7-13(8-10-14)11-17-18-6/h7-10,17H,11-12H2,1-6H3. The lowest BCUT2D eigenvalue weighted by molar-refractivity contribution is 0.0867. The van der Waals surface area contributed by atoms with Crippen molar-refractivity contribution >= 4 is 0 Å². The van der Waals surface area contributed by atoms with E-state index in [1.165, 1.54) is 17.5 Å².